The lowest BCUT2D eigenvalue weighted by Crippen LogP contribution is -2.20. The van der Waals surface area contributed by atoms with Crippen LogP contribution < -0.4 is 5.73 Å². The molecule has 0 spiro atoms. The van der Waals surface area contributed by atoms with Crippen molar-refractivity contribution in [3.05, 3.63) is 48.2 Å². The van der Waals surface area contributed by atoms with Crippen molar-refractivity contribution in [2.75, 3.05) is 5.73 Å². The van der Waals surface area contributed by atoms with E-state index in [1.165, 1.54) is 0 Å². The van der Waals surface area contributed by atoms with E-state index < -0.39 is 0 Å². The van der Waals surface area contributed by atoms with E-state index in [0.29, 0.717) is 18.8 Å². The molecule has 0 radical (unpaired) electrons. The van der Waals surface area contributed by atoms with Crippen LogP contribution in [0, 0.1) is 0 Å². The molecule has 90 valence electrons. The van der Waals surface area contributed by atoms with E-state index in [9.17, 15) is 4.79 Å². The molecule has 1 aliphatic heterocycles. The van der Waals surface area contributed by atoms with Gasteiger partial charge in [-0.3, -0.25) is 4.79 Å². The average Bonchev–Trinajstić information content (AvgIpc) is 2.74. The molecule has 0 bridgehead atoms. The molecule has 0 saturated heterocycles. The number of carbonyl (C=O) groups excluding carboxylic acids is 1. The maximum atomic E-state index is 11.5. The Hall–Kier alpha value is -2.36. The van der Waals surface area contributed by atoms with Crippen molar-refractivity contribution < 1.29 is 4.79 Å². The number of rotatable bonds is 2. The number of amides is 1. The number of pyridine rings is 1. The number of carbonyl (C=O) groups is 1. The summed E-state index contributed by atoms with van der Waals surface area (Å²) >= 11 is 0. The fraction of sp³-hybridized carbons (Fsp3) is 0.143. The Morgan fingerprint density at radius 1 is 1.28 bits per heavy atom. The first kappa shape index (κ1) is 10.8. The molecule has 2 N–H and O–H groups in total. The second-order valence-corrected chi connectivity index (χ2v) is 4.37. The Morgan fingerprint density at radius 2 is 2.11 bits per heavy atom. The number of benzene rings is 1. The summed E-state index contributed by atoms with van der Waals surface area (Å²) in [5.41, 5.74) is 7.59. The Balaban J connectivity index is 1.93. The highest BCUT2D eigenvalue weighted by Gasteiger charge is 2.14. The lowest BCUT2D eigenvalue weighted by molar-refractivity contribution is -0.127. The fourth-order valence-corrected chi connectivity index (χ4v) is 2.10. The third kappa shape index (κ3) is 1.93. The zero-order valence-corrected chi connectivity index (χ0v) is 9.84. The smallest absolute Gasteiger partial charge is 0.230 e. The highest BCUT2D eigenvalue weighted by molar-refractivity contribution is 5.82. The van der Waals surface area contributed by atoms with Crippen LogP contribution in [0.1, 0.15) is 12.0 Å². The van der Waals surface area contributed by atoms with Gasteiger partial charge in [-0.25, -0.2) is 4.98 Å². The molecule has 3 rings (SSSR count). The normalized spacial score (nSPS) is 14.7. The van der Waals surface area contributed by atoms with Gasteiger partial charge in [0.25, 0.3) is 0 Å². The van der Waals surface area contributed by atoms with Crippen LogP contribution in [0.5, 0.6) is 0 Å². The SMILES string of the molecule is Nc1ccc2ccc(CN3C=CCC3=O)cc2n1. The van der Waals surface area contributed by atoms with Crippen LogP contribution in [0.2, 0.25) is 0 Å². The molecular formula is C14H13N3O. The van der Waals surface area contributed by atoms with Gasteiger partial charge in [-0.15, -0.1) is 0 Å². The van der Waals surface area contributed by atoms with Crippen molar-refractivity contribution in [3.63, 3.8) is 0 Å². The highest BCUT2D eigenvalue weighted by atomic mass is 16.2. The number of nitrogens with zero attached hydrogens (tertiary/aromatic N) is 2. The van der Waals surface area contributed by atoms with E-state index in [1.54, 1.807) is 11.0 Å². The molecule has 0 atom stereocenters. The molecular weight excluding hydrogens is 226 g/mol. The van der Waals surface area contributed by atoms with Crippen molar-refractivity contribution in [1.29, 1.82) is 0 Å². The summed E-state index contributed by atoms with van der Waals surface area (Å²) in [7, 11) is 0. The van der Waals surface area contributed by atoms with Gasteiger partial charge in [0.1, 0.15) is 5.82 Å². The molecule has 2 aromatic rings. The lowest BCUT2D eigenvalue weighted by atomic mass is 10.1. The van der Waals surface area contributed by atoms with Crippen LogP contribution in [0.3, 0.4) is 0 Å². The first-order valence-corrected chi connectivity index (χ1v) is 5.84. The maximum Gasteiger partial charge on any atom is 0.230 e. The number of nitrogen functional groups attached to an aromatic ring is 1. The van der Waals surface area contributed by atoms with Crippen LogP contribution in [-0.2, 0) is 11.3 Å². The number of aromatic nitrogens is 1. The highest BCUT2D eigenvalue weighted by Crippen LogP contribution is 2.18. The number of hydrogen-bond donors (Lipinski definition) is 1. The van der Waals surface area contributed by atoms with Gasteiger partial charge in [-0.1, -0.05) is 18.2 Å². The molecule has 4 heteroatoms. The molecule has 2 heterocycles. The van der Waals surface area contributed by atoms with Gasteiger partial charge >= 0.3 is 0 Å². The van der Waals surface area contributed by atoms with Gasteiger partial charge in [0, 0.05) is 18.0 Å². The molecule has 1 amide bonds. The average molecular weight is 239 g/mol. The molecule has 0 saturated carbocycles. The summed E-state index contributed by atoms with van der Waals surface area (Å²) in [5.74, 6) is 0.646. The van der Waals surface area contributed by atoms with E-state index in [1.807, 2.05) is 36.5 Å². The lowest BCUT2D eigenvalue weighted by Gasteiger charge is -2.13. The van der Waals surface area contributed by atoms with Crippen LogP contribution in [0.25, 0.3) is 10.9 Å². The van der Waals surface area contributed by atoms with E-state index >= 15 is 0 Å². The fourth-order valence-electron chi connectivity index (χ4n) is 2.10. The summed E-state index contributed by atoms with van der Waals surface area (Å²) in [6.45, 7) is 0.585. The third-order valence-corrected chi connectivity index (χ3v) is 3.03. The van der Waals surface area contributed by atoms with Gasteiger partial charge in [0.2, 0.25) is 5.91 Å². The minimum Gasteiger partial charge on any atom is -0.384 e. The van der Waals surface area contributed by atoms with Gasteiger partial charge in [0.05, 0.1) is 12.1 Å². The van der Waals surface area contributed by atoms with E-state index in [-0.39, 0.29) is 5.91 Å². The molecule has 1 aliphatic rings. The van der Waals surface area contributed by atoms with Crippen molar-refractivity contribution in [3.8, 4) is 0 Å². The number of hydrogen-bond acceptors (Lipinski definition) is 3. The van der Waals surface area contributed by atoms with E-state index in [0.717, 1.165) is 16.5 Å². The second kappa shape index (κ2) is 4.14. The number of nitrogens with two attached hydrogens (primary N) is 1. The van der Waals surface area contributed by atoms with Gasteiger partial charge in [-0.2, -0.15) is 0 Å². The van der Waals surface area contributed by atoms with Crippen LogP contribution in [0.4, 0.5) is 5.82 Å². The largest absolute Gasteiger partial charge is 0.384 e. The van der Waals surface area contributed by atoms with Gasteiger partial charge < -0.3 is 10.6 Å². The monoisotopic (exact) mass is 239 g/mol. The molecule has 0 aliphatic carbocycles. The summed E-state index contributed by atoms with van der Waals surface area (Å²) in [5, 5.41) is 1.05. The molecule has 1 aromatic carbocycles. The van der Waals surface area contributed by atoms with Crippen molar-refractivity contribution in [2.24, 2.45) is 0 Å². The topological polar surface area (TPSA) is 59.2 Å². The number of anilines is 1. The first-order valence-electron chi connectivity index (χ1n) is 5.84. The van der Waals surface area contributed by atoms with Crippen LogP contribution in [0.15, 0.2) is 42.6 Å². The minimum atomic E-state index is 0.135. The number of fused-ring (bicyclic) bond motifs is 1. The standard InChI is InChI=1S/C14H13N3O/c15-13-6-5-11-4-3-10(8-12(11)16-13)9-17-7-1-2-14(17)18/h1,3-8H,2,9H2,(H2,15,16). The zero-order valence-electron chi connectivity index (χ0n) is 9.84. The first-order chi connectivity index (χ1) is 8.72. The van der Waals surface area contributed by atoms with Gasteiger partial charge in [0.15, 0.2) is 0 Å². The summed E-state index contributed by atoms with van der Waals surface area (Å²) < 4.78 is 0. The Labute approximate surface area is 105 Å². The van der Waals surface area contributed by atoms with Crippen molar-refractivity contribution >= 4 is 22.6 Å². The Bertz CT molecular complexity index is 649. The molecule has 0 unspecified atom stereocenters. The van der Waals surface area contributed by atoms with Gasteiger partial charge in [-0.05, 0) is 23.8 Å². The van der Waals surface area contributed by atoms with Crippen molar-refractivity contribution in [2.45, 2.75) is 13.0 Å². The quantitative estimate of drug-likeness (QED) is 0.872. The van der Waals surface area contributed by atoms with E-state index in [2.05, 4.69) is 4.98 Å². The van der Waals surface area contributed by atoms with Crippen LogP contribution >= 0.6 is 0 Å². The van der Waals surface area contributed by atoms with Crippen molar-refractivity contribution in [1.82, 2.24) is 9.88 Å². The molecule has 0 fully saturated rings. The predicted octanol–water partition coefficient (Wildman–Crippen LogP) is 2.06. The summed E-state index contributed by atoms with van der Waals surface area (Å²) in [4.78, 5) is 17.5. The maximum absolute atomic E-state index is 11.5. The van der Waals surface area contributed by atoms with E-state index in [4.69, 9.17) is 5.73 Å². The Morgan fingerprint density at radius 3 is 2.89 bits per heavy atom. The summed E-state index contributed by atoms with van der Waals surface area (Å²) in [6, 6.07) is 9.73. The molecule has 1 aromatic heterocycles. The predicted molar refractivity (Wildman–Crippen MR) is 70.5 cm³/mol. The van der Waals surface area contributed by atoms with Crippen LogP contribution in [-0.4, -0.2) is 15.8 Å². The third-order valence-electron chi connectivity index (χ3n) is 3.03. The second-order valence-electron chi connectivity index (χ2n) is 4.37. The minimum absolute atomic E-state index is 0.135. The zero-order chi connectivity index (χ0) is 12.5. The molecule has 4 nitrogen and oxygen atoms in total. The Kier molecular flexibility index (Phi) is 2.48. The summed E-state index contributed by atoms with van der Waals surface area (Å²) in [6.07, 6.45) is 4.21. The molecule has 18 heavy (non-hydrogen) atoms.